The number of ether oxygens (including phenoxy) is 2. The first kappa shape index (κ1) is 13.9. The van der Waals surface area contributed by atoms with E-state index >= 15 is 0 Å². The lowest BCUT2D eigenvalue weighted by Gasteiger charge is -2.44. The van der Waals surface area contributed by atoms with Crippen LogP contribution in [0.25, 0.3) is 0 Å². The summed E-state index contributed by atoms with van der Waals surface area (Å²) in [5, 5.41) is 3.61. The van der Waals surface area contributed by atoms with Gasteiger partial charge in [0, 0.05) is 19.8 Å². The largest absolute Gasteiger partial charge is 0.377 e. The van der Waals surface area contributed by atoms with Crippen molar-refractivity contribution in [2.24, 2.45) is 5.92 Å². The van der Waals surface area contributed by atoms with Gasteiger partial charge in [-0.2, -0.15) is 0 Å². The van der Waals surface area contributed by atoms with E-state index in [0.717, 1.165) is 25.5 Å². The summed E-state index contributed by atoms with van der Waals surface area (Å²) >= 11 is 0. The topological polar surface area (TPSA) is 30.5 Å². The first-order chi connectivity index (χ1) is 7.76. The van der Waals surface area contributed by atoms with Crippen molar-refractivity contribution in [1.82, 2.24) is 5.32 Å². The third-order valence-electron chi connectivity index (χ3n) is 3.73. The van der Waals surface area contributed by atoms with Crippen LogP contribution in [0.5, 0.6) is 0 Å². The van der Waals surface area contributed by atoms with Gasteiger partial charge in [-0.1, -0.05) is 26.7 Å². The second-order valence-corrected chi connectivity index (χ2v) is 4.63. The Kier molecular flexibility index (Phi) is 6.32. The van der Waals surface area contributed by atoms with E-state index in [1.165, 1.54) is 12.8 Å². The summed E-state index contributed by atoms with van der Waals surface area (Å²) < 4.78 is 11.1. The van der Waals surface area contributed by atoms with Crippen LogP contribution >= 0.6 is 0 Å². The maximum atomic E-state index is 5.61. The quantitative estimate of drug-likeness (QED) is 0.692. The van der Waals surface area contributed by atoms with Crippen molar-refractivity contribution in [3.63, 3.8) is 0 Å². The normalized spacial score (nSPS) is 29.4. The monoisotopic (exact) mass is 229 g/mol. The Hall–Kier alpha value is -0.120. The predicted octanol–water partition coefficient (Wildman–Crippen LogP) is 2.20. The Balaban J connectivity index is 2.23. The van der Waals surface area contributed by atoms with Crippen LogP contribution < -0.4 is 5.32 Å². The van der Waals surface area contributed by atoms with E-state index < -0.39 is 0 Å². The lowest BCUT2D eigenvalue weighted by molar-refractivity contribution is -0.131. The second kappa shape index (κ2) is 7.25. The standard InChI is InChI=1S/C13H27NO2/c1-5-10(6-2)9-14-11-8-12(16-7-3)13(11)15-4/h10-14H,5-9H2,1-4H3. The Bertz CT molecular complexity index is 183. The fourth-order valence-corrected chi connectivity index (χ4v) is 2.37. The van der Waals surface area contributed by atoms with Gasteiger partial charge in [0.1, 0.15) is 0 Å². The molecule has 1 N–H and O–H groups in total. The molecule has 1 aliphatic carbocycles. The molecule has 0 aromatic carbocycles. The van der Waals surface area contributed by atoms with Crippen LogP contribution in [0.2, 0.25) is 0 Å². The Morgan fingerprint density at radius 2 is 1.94 bits per heavy atom. The molecule has 0 aromatic rings. The molecular formula is C13H27NO2. The van der Waals surface area contributed by atoms with Crippen LogP contribution in [-0.4, -0.2) is 38.5 Å². The minimum Gasteiger partial charge on any atom is -0.377 e. The fraction of sp³-hybridized carbons (Fsp3) is 1.00. The van der Waals surface area contributed by atoms with Gasteiger partial charge in [-0.05, 0) is 25.8 Å². The average molecular weight is 229 g/mol. The van der Waals surface area contributed by atoms with E-state index in [1.54, 1.807) is 7.11 Å². The molecule has 1 aliphatic rings. The van der Waals surface area contributed by atoms with Crippen LogP contribution in [0.1, 0.15) is 40.0 Å². The van der Waals surface area contributed by atoms with Crippen molar-refractivity contribution in [3.05, 3.63) is 0 Å². The molecule has 3 heteroatoms. The van der Waals surface area contributed by atoms with Gasteiger partial charge in [0.2, 0.25) is 0 Å². The summed E-state index contributed by atoms with van der Waals surface area (Å²) in [7, 11) is 1.78. The minimum atomic E-state index is 0.245. The van der Waals surface area contributed by atoms with Crippen molar-refractivity contribution < 1.29 is 9.47 Å². The molecule has 3 nitrogen and oxygen atoms in total. The van der Waals surface area contributed by atoms with Crippen molar-refractivity contribution in [2.75, 3.05) is 20.3 Å². The van der Waals surface area contributed by atoms with Crippen molar-refractivity contribution in [2.45, 2.75) is 58.3 Å². The number of methoxy groups -OCH3 is 1. The summed E-state index contributed by atoms with van der Waals surface area (Å²) in [6.07, 6.45) is 4.14. The van der Waals surface area contributed by atoms with Gasteiger partial charge >= 0.3 is 0 Å². The zero-order chi connectivity index (χ0) is 12.0. The van der Waals surface area contributed by atoms with Gasteiger partial charge in [-0.25, -0.2) is 0 Å². The summed E-state index contributed by atoms with van der Waals surface area (Å²) in [5.74, 6) is 0.795. The minimum absolute atomic E-state index is 0.245. The highest BCUT2D eigenvalue weighted by Crippen LogP contribution is 2.27. The number of rotatable bonds is 8. The molecule has 0 spiro atoms. The smallest absolute Gasteiger partial charge is 0.0986 e. The molecule has 0 bridgehead atoms. The van der Waals surface area contributed by atoms with Crippen molar-refractivity contribution >= 4 is 0 Å². The first-order valence-corrected chi connectivity index (χ1v) is 6.64. The molecule has 0 radical (unpaired) electrons. The molecule has 0 amide bonds. The van der Waals surface area contributed by atoms with Crippen LogP contribution in [-0.2, 0) is 9.47 Å². The molecule has 0 aromatic heterocycles. The SMILES string of the molecule is CCOC1CC(NCC(CC)CC)C1OC. The highest BCUT2D eigenvalue weighted by molar-refractivity contribution is 4.97. The van der Waals surface area contributed by atoms with Crippen LogP contribution in [0.15, 0.2) is 0 Å². The first-order valence-electron chi connectivity index (χ1n) is 6.64. The molecule has 1 rings (SSSR count). The molecular weight excluding hydrogens is 202 g/mol. The number of hydrogen-bond acceptors (Lipinski definition) is 3. The van der Waals surface area contributed by atoms with Crippen LogP contribution in [0.4, 0.5) is 0 Å². The Labute approximate surface area is 99.9 Å². The van der Waals surface area contributed by atoms with Gasteiger partial charge in [0.05, 0.1) is 12.2 Å². The van der Waals surface area contributed by atoms with Crippen LogP contribution in [0.3, 0.4) is 0 Å². The zero-order valence-electron chi connectivity index (χ0n) is 11.2. The maximum absolute atomic E-state index is 5.61. The molecule has 3 unspecified atom stereocenters. The molecule has 1 fully saturated rings. The zero-order valence-corrected chi connectivity index (χ0v) is 11.2. The third-order valence-corrected chi connectivity index (χ3v) is 3.73. The molecule has 3 atom stereocenters. The molecule has 0 heterocycles. The molecule has 0 saturated heterocycles. The van der Waals surface area contributed by atoms with Gasteiger partial charge < -0.3 is 14.8 Å². The lowest BCUT2D eigenvalue weighted by Crippen LogP contribution is -2.60. The highest BCUT2D eigenvalue weighted by atomic mass is 16.5. The summed E-state index contributed by atoms with van der Waals surface area (Å²) in [6.45, 7) is 8.44. The maximum Gasteiger partial charge on any atom is 0.0986 e. The fourth-order valence-electron chi connectivity index (χ4n) is 2.37. The average Bonchev–Trinajstić information content (AvgIpc) is 2.28. The van der Waals surface area contributed by atoms with E-state index in [4.69, 9.17) is 9.47 Å². The van der Waals surface area contributed by atoms with E-state index in [0.29, 0.717) is 12.1 Å². The molecule has 16 heavy (non-hydrogen) atoms. The van der Waals surface area contributed by atoms with Gasteiger partial charge in [0.25, 0.3) is 0 Å². The van der Waals surface area contributed by atoms with Crippen LogP contribution in [0, 0.1) is 5.92 Å². The van der Waals surface area contributed by atoms with Gasteiger partial charge in [-0.3, -0.25) is 0 Å². The summed E-state index contributed by atoms with van der Waals surface area (Å²) in [6, 6.07) is 0.488. The predicted molar refractivity (Wildman–Crippen MR) is 66.7 cm³/mol. The van der Waals surface area contributed by atoms with Crippen molar-refractivity contribution in [1.29, 1.82) is 0 Å². The van der Waals surface area contributed by atoms with E-state index in [2.05, 4.69) is 19.2 Å². The lowest BCUT2D eigenvalue weighted by atomic mass is 9.84. The van der Waals surface area contributed by atoms with E-state index in [9.17, 15) is 0 Å². The number of nitrogens with one attached hydrogen (secondary N) is 1. The highest BCUT2D eigenvalue weighted by Gasteiger charge is 2.41. The molecule has 0 aliphatic heterocycles. The van der Waals surface area contributed by atoms with E-state index in [1.807, 2.05) is 6.92 Å². The molecule has 1 saturated carbocycles. The van der Waals surface area contributed by atoms with E-state index in [-0.39, 0.29) is 6.10 Å². The van der Waals surface area contributed by atoms with Gasteiger partial charge in [-0.15, -0.1) is 0 Å². The third kappa shape index (κ3) is 3.44. The Morgan fingerprint density at radius 3 is 2.44 bits per heavy atom. The van der Waals surface area contributed by atoms with Crippen molar-refractivity contribution in [3.8, 4) is 0 Å². The second-order valence-electron chi connectivity index (χ2n) is 4.63. The molecule has 96 valence electrons. The van der Waals surface area contributed by atoms with Gasteiger partial charge in [0.15, 0.2) is 0 Å². The number of hydrogen-bond donors (Lipinski definition) is 1. The Morgan fingerprint density at radius 1 is 1.25 bits per heavy atom. The summed E-state index contributed by atoms with van der Waals surface area (Å²) in [4.78, 5) is 0. The summed E-state index contributed by atoms with van der Waals surface area (Å²) in [5.41, 5.74) is 0.